The highest BCUT2D eigenvalue weighted by molar-refractivity contribution is 7.86. The Labute approximate surface area is 274 Å². The highest BCUT2D eigenvalue weighted by Gasteiger charge is 2.40. The van der Waals surface area contributed by atoms with Crippen LogP contribution in [-0.2, 0) is 28.6 Å². The molecule has 0 saturated heterocycles. The molecule has 0 aliphatic carbocycles. The summed E-state index contributed by atoms with van der Waals surface area (Å²) in [6.07, 6.45) is 4.11. The van der Waals surface area contributed by atoms with Crippen LogP contribution in [0.2, 0.25) is 0 Å². The molecule has 2 heterocycles. The van der Waals surface area contributed by atoms with E-state index in [2.05, 4.69) is 18.8 Å². The van der Waals surface area contributed by atoms with Crippen LogP contribution in [0.25, 0.3) is 6.08 Å². The zero-order valence-electron chi connectivity index (χ0n) is 28.5. The molecule has 0 saturated carbocycles. The van der Waals surface area contributed by atoms with Crippen LogP contribution < -0.4 is 0 Å². The molecule has 1 aromatic heterocycles. The average molecular weight is 658 g/mol. The Morgan fingerprint density at radius 3 is 2.29 bits per heavy atom. The number of ether oxygens (including phenoxy) is 1. The minimum atomic E-state index is -4.05. The Morgan fingerprint density at radius 1 is 1.04 bits per heavy atom. The van der Waals surface area contributed by atoms with E-state index in [1.807, 2.05) is 72.9 Å². The molecule has 0 radical (unpaired) electrons. The summed E-state index contributed by atoms with van der Waals surface area (Å²) in [5.41, 5.74) is 2.58. The number of carbonyl (C=O) groups excluding carboxylic acids is 2. The fraction of sp³-hybridized carbons (Fsp3) is 0.583. The van der Waals surface area contributed by atoms with Crippen molar-refractivity contribution in [3.05, 3.63) is 63.1 Å². The number of aromatic nitrogens is 1. The maximum atomic E-state index is 13.8. The van der Waals surface area contributed by atoms with Gasteiger partial charge in [0.05, 0.1) is 21.7 Å². The largest absolute Gasteiger partial charge is 0.457 e. The molecule has 248 valence electrons. The molecule has 0 spiro atoms. The number of aryl methyl sites for hydroxylation is 2. The lowest BCUT2D eigenvalue weighted by Gasteiger charge is -2.36. The Kier molecular flexibility index (Phi) is 12.5. The van der Waals surface area contributed by atoms with Crippen LogP contribution in [0.1, 0.15) is 97.3 Å². The number of Topliss-reactive ketones (excluding diaryl/α,β-unsaturated/α-hetero) is 1. The molecule has 0 N–H and O–H groups in total. The normalized spacial score (nSPS) is 28.0. The van der Waals surface area contributed by atoms with Gasteiger partial charge in [-0.05, 0) is 87.6 Å². The maximum absolute atomic E-state index is 13.8. The Morgan fingerprint density at radius 2 is 1.69 bits per heavy atom. The highest BCUT2D eigenvalue weighted by atomic mass is 32.2. The summed E-state index contributed by atoms with van der Waals surface area (Å²) < 4.78 is 38.8. The fourth-order valence-corrected chi connectivity index (χ4v) is 7.44. The van der Waals surface area contributed by atoms with Crippen molar-refractivity contribution in [2.75, 3.05) is 0 Å². The van der Waals surface area contributed by atoms with Crippen LogP contribution in [0.5, 0.6) is 0 Å². The van der Waals surface area contributed by atoms with Crippen LogP contribution in [0, 0.1) is 42.9 Å². The summed E-state index contributed by atoms with van der Waals surface area (Å²) in [5, 5.41) is 2.89. The molecule has 45 heavy (non-hydrogen) atoms. The van der Waals surface area contributed by atoms with Crippen LogP contribution >= 0.6 is 11.3 Å². The van der Waals surface area contributed by atoms with E-state index in [0.717, 1.165) is 27.4 Å². The first-order valence-corrected chi connectivity index (χ1v) is 18.2. The third kappa shape index (κ3) is 9.69. The third-order valence-corrected chi connectivity index (χ3v) is 12.0. The van der Waals surface area contributed by atoms with E-state index in [9.17, 15) is 18.0 Å². The Balaban J connectivity index is 2.03. The molecule has 9 heteroatoms. The number of carbonyl (C=O) groups is 2. The number of ketones is 1. The van der Waals surface area contributed by atoms with Crippen molar-refractivity contribution in [3.8, 4) is 0 Å². The maximum Gasteiger partial charge on any atom is 0.306 e. The Bertz CT molecular complexity index is 1500. The van der Waals surface area contributed by atoms with E-state index in [1.54, 1.807) is 35.6 Å². The van der Waals surface area contributed by atoms with E-state index in [4.69, 9.17) is 8.92 Å². The molecule has 0 amide bonds. The Hall–Kier alpha value is -2.62. The number of cyclic esters (lactones) is 1. The van der Waals surface area contributed by atoms with Gasteiger partial charge in [-0.15, -0.1) is 11.3 Å². The predicted octanol–water partition coefficient (Wildman–Crippen LogP) is 8.51. The zero-order valence-corrected chi connectivity index (χ0v) is 30.2. The van der Waals surface area contributed by atoms with E-state index >= 15 is 0 Å². The van der Waals surface area contributed by atoms with Gasteiger partial charge in [-0.25, -0.2) is 4.98 Å². The van der Waals surface area contributed by atoms with Crippen molar-refractivity contribution >= 4 is 39.3 Å². The monoisotopic (exact) mass is 657 g/mol. The van der Waals surface area contributed by atoms with Gasteiger partial charge >= 0.3 is 5.97 Å². The topological polar surface area (TPSA) is 99.6 Å². The highest BCUT2D eigenvalue weighted by Crippen LogP contribution is 2.38. The lowest BCUT2D eigenvalue weighted by atomic mass is 9.67. The third-order valence-electron chi connectivity index (χ3n) is 9.83. The number of benzene rings is 1. The molecular weight excluding hydrogens is 607 g/mol. The molecule has 3 rings (SSSR count). The number of hydrogen-bond acceptors (Lipinski definition) is 8. The first kappa shape index (κ1) is 36.8. The van der Waals surface area contributed by atoms with Gasteiger partial charge in [0.15, 0.2) is 0 Å². The van der Waals surface area contributed by atoms with Gasteiger partial charge in [-0.3, -0.25) is 13.8 Å². The van der Waals surface area contributed by atoms with Crippen molar-refractivity contribution in [3.63, 3.8) is 0 Å². The minimum absolute atomic E-state index is 0.0500. The average Bonchev–Trinajstić information content (AvgIpc) is 3.39. The summed E-state index contributed by atoms with van der Waals surface area (Å²) in [7, 11) is -4.05. The van der Waals surface area contributed by atoms with Gasteiger partial charge in [-0.2, -0.15) is 8.42 Å². The molecule has 1 aliphatic heterocycles. The summed E-state index contributed by atoms with van der Waals surface area (Å²) >= 11 is 1.54. The number of esters is 1. The summed E-state index contributed by atoms with van der Waals surface area (Å²) in [6, 6.07) is 6.62. The van der Waals surface area contributed by atoms with Crippen molar-refractivity contribution in [1.29, 1.82) is 0 Å². The second kappa shape index (κ2) is 15.3. The second-order valence-corrected chi connectivity index (χ2v) is 16.2. The van der Waals surface area contributed by atoms with Crippen LogP contribution in [0.3, 0.4) is 0 Å². The van der Waals surface area contributed by atoms with Gasteiger partial charge < -0.3 is 4.74 Å². The fourth-order valence-electron chi connectivity index (χ4n) is 5.74. The molecule has 0 bridgehead atoms. The number of rotatable bonds is 5. The molecule has 6 atom stereocenters. The van der Waals surface area contributed by atoms with Gasteiger partial charge in [-0.1, -0.05) is 65.3 Å². The quantitative estimate of drug-likeness (QED) is 0.181. The minimum Gasteiger partial charge on any atom is -0.457 e. The van der Waals surface area contributed by atoms with Crippen molar-refractivity contribution in [1.82, 2.24) is 4.98 Å². The number of hydrogen-bond donors (Lipinski definition) is 0. The van der Waals surface area contributed by atoms with Crippen molar-refractivity contribution in [2.24, 2.45) is 29.1 Å². The lowest BCUT2D eigenvalue weighted by molar-refractivity contribution is -0.150. The predicted molar refractivity (Wildman–Crippen MR) is 181 cm³/mol. The standard InChI is InChI=1S/C36H51NO6S2/c1-22-11-15-31(16-12-22)45(40,41)43-33-18-13-23(2)27(6)28(7)35(39)36(9,10)26(5)20-34(38)42-32(17-14-24(33)3)25(4)19-30-21-44-29(8)37-30/h11-12,14-16,19,21,23,26-28,32-33H,13,17-18,20H2,1-10H3/b24-14?,25-19+/t23-,26-,27-,28+,32-,33+/m0/s1. The molecule has 0 fully saturated rings. The van der Waals surface area contributed by atoms with Crippen LogP contribution in [-0.4, -0.2) is 37.4 Å². The number of thiazole rings is 1. The molecule has 1 aromatic carbocycles. The van der Waals surface area contributed by atoms with Crippen molar-refractivity contribution in [2.45, 2.75) is 112 Å². The first-order valence-electron chi connectivity index (χ1n) is 15.9. The molecule has 7 nitrogen and oxygen atoms in total. The second-order valence-electron chi connectivity index (χ2n) is 13.6. The smallest absolute Gasteiger partial charge is 0.306 e. The molecule has 0 unspecified atom stereocenters. The zero-order chi connectivity index (χ0) is 33.7. The van der Waals surface area contributed by atoms with Gasteiger partial charge in [0.25, 0.3) is 10.1 Å². The van der Waals surface area contributed by atoms with Crippen LogP contribution in [0.15, 0.2) is 51.8 Å². The van der Waals surface area contributed by atoms with Gasteiger partial charge in [0, 0.05) is 29.6 Å². The number of nitrogens with zero attached hydrogens (tertiary/aromatic N) is 1. The van der Waals surface area contributed by atoms with E-state index < -0.39 is 27.7 Å². The lowest BCUT2D eigenvalue weighted by Crippen LogP contribution is -2.40. The molecule has 2 aromatic rings. The summed E-state index contributed by atoms with van der Waals surface area (Å²) in [5.74, 6) is -0.539. The van der Waals surface area contributed by atoms with E-state index in [1.165, 1.54) is 0 Å². The SMILES string of the molecule is CC1=CC[C@@H](/C(C)=C/c2csc(C)n2)OC(=O)C[C@H](C)C(C)(C)C(=O)[C@H](C)[C@@H](C)[C@@H](C)CC[C@H]1OS(=O)(=O)c1ccc(C)cc1. The van der Waals surface area contributed by atoms with E-state index in [-0.39, 0.29) is 46.7 Å². The van der Waals surface area contributed by atoms with E-state index in [0.29, 0.717) is 19.3 Å². The van der Waals surface area contributed by atoms with Crippen LogP contribution in [0.4, 0.5) is 0 Å². The first-order chi connectivity index (χ1) is 20.9. The molecule has 1 aliphatic rings. The summed E-state index contributed by atoms with van der Waals surface area (Å²) in [4.78, 5) is 31.8. The van der Waals surface area contributed by atoms with Gasteiger partial charge in [0.2, 0.25) is 0 Å². The van der Waals surface area contributed by atoms with Gasteiger partial charge in [0.1, 0.15) is 11.9 Å². The van der Waals surface area contributed by atoms with Crippen molar-refractivity contribution < 1.29 is 26.9 Å². The summed E-state index contributed by atoms with van der Waals surface area (Å²) in [6.45, 7) is 19.6. The molecular formula is C36H51NO6S2.